The van der Waals surface area contributed by atoms with Crippen LogP contribution < -0.4 is 32.5 Å². The van der Waals surface area contributed by atoms with Gasteiger partial charge in [0, 0.05) is 73.7 Å². The van der Waals surface area contributed by atoms with Gasteiger partial charge in [-0.15, -0.1) is 0 Å². The summed E-state index contributed by atoms with van der Waals surface area (Å²) in [5.74, 6) is 0.432. The van der Waals surface area contributed by atoms with E-state index in [1.807, 2.05) is 18.2 Å². The first-order valence-electron chi connectivity index (χ1n) is 16.3. The van der Waals surface area contributed by atoms with E-state index in [1.165, 1.54) is 0 Å². The van der Waals surface area contributed by atoms with Gasteiger partial charge >= 0.3 is 25.4 Å². The Balaban J connectivity index is 0.00000413. The number of ether oxygens (including phenoxy) is 1. The van der Waals surface area contributed by atoms with Crippen LogP contribution in [0.1, 0.15) is 6.42 Å². The van der Waals surface area contributed by atoms with Crippen LogP contribution in [0.25, 0.3) is 89.7 Å². The predicted octanol–water partition coefficient (Wildman–Crippen LogP) is 4.93. The monoisotopic (exact) mass is 762 g/mol. The molecule has 0 atom stereocenters. The summed E-state index contributed by atoms with van der Waals surface area (Å²) in [6.07, 6.45) is 0.986. The number of nitrogens with zero attached hydrogens (tertiary/aromatic N) is 8. The van der Waals surface area contributed by atoms with Gasteiger partial charge in [-0.3, -0.25) is 4.79 Å². The zero-order valence-electron chi connectivity index (χ0n) is 28.4. The molecule has 258 valence electrons. The van der Waals surface area contributed by atoms with Crippen molar-refractivity contribution in [2.24, 2.45) is 0 Å². The number of benzene rings is 4. The number of nitrogen functional groups attached to an aromatic ring is 3. The molecule has 0 spiro atoms. The zero-order valence-corrected chi connectivity index (χ0v) is 31.3. The Kier molecular flexibility index (Phi) is 8.30. The van der Waals surface area contributed by atoms with Gasteiger partial charge < -0.3 is 57.2 Å². The fourth-order valence-electron chi connectivity index (χ4n) is 6.32. The van der Waals surface area contributed by atoms with Crippen LogP contribution in [0, 0.1) is 0 Å². The summed E-state index contributed by atoms with van der Waals surface area (Å²) in [5.41, 5.74) is 24.8. The molecule has 15 nitrogen and oxygen atoms in total. The molecule has 7 aromatic rings. The number of amides is 1. The Morgan fingerprint density at radius 1 is 0.611 bits per heavy atom. The molecule has 16 heteroatoms. The molecule has 2 aliphatic rings. The van der Waals surface area contributed by atoms with Gasteiger partial charge in [-0.1, -0.05) is 18.7 Å². The predicted molar refractivity (Wildman–Crippen MR) is 202 cm³/mol. The van der Waals surface area contributed by atoms with E-state index in [0.29, 0.717) is 112 Å². The van der Waals surface area contributed by atoms with Crippen LogP contribution in [-0.4, -0.2) is 48.4 Å². The van der Waals surface area contributed by atoms with E-state index >= 15 is 0 Å². The van der Waals surface area contributed by atoms with Gasteiger partial charge in [-0.05, 0) is 82.2 Å². The summed E-state index contributed by atoms with van der Waals surface area (Å²) < 4.78 is 4.96. The molecule has 0 saturated heterocycles. The maximum absolute atomic E-state index is 12.8. The van der Waals surface area contributed by atoms with Crippen LogP contribution in [0.15, 0.2) is 85.5 Å². The maximum Gasteiger partial charge on any atom is 2.00 e. The van der Waals surface area contributed by atoms with Gasteiger partial charge in [0.15, 0.2) is 0 Å². The van der Waals surface area contributed by atoms with Crippen molar-refractivity contribution < 1.29 is 33.8 Å². The number of carbonyl (C=O) groups excluding carboxylic acids is 2. The molecule has 4 aromatic carbocycles. The summed E-state index contributed by atoms with van der Waals surface area (Å²) in [6, 6.07) is 21.4. The molecule has 0 radical (unpaired) electrons. The van der Waals surface area contributed by atoms with Crippen molar-refractivity contribution in [2.45, 2.75) is 6.42 Å². The average Bonchev–Trinajstić information content (AvgIpc) is 3.86. The van der Waals surface area contributed by atoms with E-state index in [4.69, 9.17) is 61.8 Å². The van der Waals surface area contributed by atoms with Crippen molar-refractivity contribution in [3.8, 4) is 45.6 Å². The molecule has 5 heterocycles. The van der Waals surface area contributed by atoms with E-state index in [1.54, 1.807) is 54.6 Å². The third-order valence-electron chi connectivity index (χ3n) is 8.80. The van der Waals surface area contributed by atoms with E-state index in [0.717, 1.165) is 6.08 Å². The third-order valence-corrected chi connectivity index (χ3v) is 8.80. The Morgan fingerprint density at radius 2 is 1.07 bits per heavy atom. The second-order valence-corrected chi connectivity index (χ2v) is 12.3. The van der Waals surface area contributed by atoms with Gasteiger partial charge in [0.2, 0.25) is 5.91 Å². The minimum Gasteiger partial charge on any atom is -0.462 e. The number of aromatic nitrogens is 8. The van der Waals surface area contributed by atoms with Gasteiger partial charge in [-0.25, -0.2) is 14.8 Å². The molecule has 0 unspecified atom stereocenters. The van der Waals surface area contributed by atoms with Crippen LogP contribution in [-0.2, 0) is 33.8 Å². The SMILES string of the molecule is C=CC(=O)OCCC(=O)Nc1ccc2c3nc4nc(nc5[n-]c(nc6nc(nc([n-]3)c2c1)-c1ccc(N)cc1-6)c1ccc(N)cc51)-c1ccc(N)cc1-4.[Zn+2]. The average molecular weight is 764 g/mol. The maximum atomic E-state index is 12.8. The molecular weight excluding hydrogens is 738 g/mol. The number of carbonyl (C=O) groups is 2. The fraction of sp³-hybridized carbons (Fsp3) is 0.0526. The largest absolute Gasteiger partial charge is 2.00 e. The Hall–Kier alpha value is -7.06. The Morgan fingerprint density at radius 3 is 1.63 bits per heavy atom. The summed E-state index contributed by atoms with van der Waals surface area (Å²) in [5, 5.41) is 5.47. The number of rotatable bonds is 5. The minimum absolute atomic E-state index is 0. The Bertz CT molecular complexity index is 2910. The van der Waals surface area contributed by atoms with Crippen molar-refractivity contribution >= 4 is 78.8 Å². The molecule has 3 aromatic heterocycles. The molecule has 54 heavy (non-hydrogen) atoms. The third kappa shape index (κ3) is 5.93. The van der Waals surface area contributed by atoms with Crippen LogP contribution >= 0.6 is 0 Å². The van der Waals surface area contributed by atoms with E-state index in [-0.39, 0.29) is 38.4 Å². The van der Waals surface area contributed by atoms with Gasteiger partial charge in [0.25, 0.3) is 0 Å². The van der Waals surface area contributed by atoms with E-state index < -0.39 is 5.97 Å². The molecule has 8 bridgehead atoms. The van der Waals surface area contributed by atoms with E-state index in [9.17, 15) is 9.59 Å². The summed E-state index contributed by atoms with van der Waals surface area (Å²) >= 11 is 0. The molecular formula is C38H26N12O3Zn. The van der Waals surface area contributed by atoms with Gasteiger partial charge in [0.05, 0.1) is 29.7 Å². The van der Waals surface area contributed by atoms with Crippen LogP contribution in [0.3, 0.4) is 0 Å². The first-order valence-corrected chi connectivity index (χ1v) is 16.3. The topological polar surface area (TPSA) is 239 Å². The van der Waals surface area contributed by atoms with Crippen molar-refractivity contribution in [1.29, 1.82) is 0 Å². The van der Waals surface area contributed by atoms with Gasteiger partial charge in [-0.2, -0.15) is 0 Å². The summed E-state index contributed by atoms with van der Waals surface area (Å²) in [7, 11) is 0. The second kappa shape index (κ2) is 13.2. The molecule has 0 saturated carbocycles. The van der Waals surface area contributed by atoms with Crippen molar-refractivity contribution in [1.82, 2.24) is 39.9 Å². The van der Waals surface area contributed by atoms with Crippen LogP contribution in [0.2, 0.25) is 0 Å². The number of nitrogens with two attached hydrogens (primary N) is 3. The van der Waals surface area contributed by atoms with Crippen molar-refractivity contribution in [2.75, 3.05) is 29.1 Å². The molecule has 1 amide bonds. The molecule has 0 fully saturated rings. The van der Waals surface area contributed by atoms with Crippen LogP contribution in [0.4, 0.5) is 22.7 Å². The fourth-order valence-corrected chi connectivity index (χ4v) is 6.32. The minimum atomic E-state index is -0.608. The number of anilines is 4. The second-order valence-electron chi connectivity index (χ2n) is 12.3. The smallest absolute Gasteiger partial charge is 0.462 e. The van der Waals surface area contributed by atoms with Crippen LogP contribution in [0.5, 0.6) is 0 Å². The summed E-state index contributed by atoms with van der Waals surface area (Å²) in [4.78, 5) is 63.3. The number of hydrogen-bond donors (Lipinski definition) is 4. The first kappa shape index (κ1) is 34.1. The standard InChI is InChI=1S/C38H27N12O3.Zn/c1-2-30(52)53-12-11-29(51)42-20-6-10-24-28(16-20)38-49-33-23-9-5-19(41)15-27(23)36(47-33)45-31-21-7-3-17(39)13-25(21)35(43-31)44-32-22-8-4-18(40)14-26(22)37(46-32)48-34(24)50-38;/h2-10,13-16H,1,11-12H2,(H8-,39,40,41,42,43,44,45,46,47,48,49,50,51);/q-1;+2/p-1. The number of fused-ring (bicyclic) bond motifs is 20. The molecule has 9 rings (SSSR count). The first-order chi connectivity index (χ1) is 25.7. The van der Waals surface area contributed by atoms with Gasteiger partial charge in [0.1, 0.15) is 6.61 Å². The summed E-state index contributed by atoms with van der Waals surface area (Å²) in [6.45, 7) is 3.26. The molecule has 0 aliphatic carbocycles. The van der Waals surface area contributed by atoms with Crippen molar-refractivity contribution in [3.05, 3.63) is 85.5 Å². The van der Waals surface area contributed by atoms with E-state index in [2.05, 4.69) is 11.9 Å². The molecule has 7 N–H and O–H groups in total. The number of nitrogens with one attached hydrogen (secondary N) is 1. The quantitative estimate of drug-likeness (QED) is 0.0787. The normalized spacial score (nSPS) is 11.4. The number of hydrogen-bond acceptors (Lipinski definition) is 12. The zero-order chi connectivity index (χ0) is 36.4. The Labute approximate surface area is 317 Å². The van der Waals surface area contributed by atoms with Crippen molar-refractivity contribution in [3.63, 3.8) is 0 Å². The number of esters is 1. The molecule has 2 aliphatic heterocycles.